The lowest BCUT2D eigenvalue weighted by Crippen LogP contribution is -2.04. The minimum Gasteiger partial charge on any atom is -0.507 e. The van der Waals surface area contributed by atoms with Gasteiger partial charge < -0.3 is 24.8 Å². The molecule has 0 saturated heterocycles. The van der Waals surface area contributed by atoms with Crippen LogP contribution in [-0.2, 0) is 0 Å². The first-order valence-electron chi connectivity index (χ1n) is 6.42. The number of benzene rings is 2. The van der Waals surface area contributed by atoms with Crippen LogP contribution in [0.15, 0.2) is 39.5 Å². The van der Waals surface area contributed by atoms with Gasteiger partial charge in [0.25, 0.3) is 0 Å². The first kappa shape index (κ1) is 13.8. The van der Waals surface area contributed by atoms with E-state index in [4.69, 9.17) is 4.42 Å². The lowest BCUT2D eigenvalue weighted by Gasteiger charge is -2.11. The van der Waals surface area contributed by atoms with Gasteiger partial charge in [0.2, 0.25) is 16.9 Å². The largest absolute Gasteiger partial charge is 0.507 e. The average molecular weight is 300 g/mol. The SMILES string of the molecule is Cc1c(O)c(O)c2oc(-c3ccccc3)c(O)c(=O)c2c1O. The van der Waals surface area contributed by atoms with Crippen molar-refractivity contribution < 1.29 is 24.8 Å². The van der Waals surface area contributed by atoms with Gasteiger partial charge in [-0.2, -0.15) is 0 Å². The van der Waals surface area contributed by atoms with Crippen LogP contribution in [0.1, 0.15) is 5.56 Å². The van der Waals surface area contributed by atoms with Crippen molar-refractivity contribution in [3.8, 4) is 34.3 Å². The van der Waals surface area contributed by atoms with E-state index >= 15 is 0 Å². The molecule has 1 aromatic heterocycles. The molecule has 2 aromatic carbocycles. The molecule has 22 heavy (non-hydrogen) atoms. The van der Waals surface area contributed by atoms with Gasteiger partial charge in [0, 0.05) is 11.1 Å². The Labute approximate surface area is 124 Å². The number of hydrogen-bond acceptors (Lipinski definition) is 6. The van der Waals surface area contributed by atoms with Gasteiger partial charge in [-0.25, -0.2) is 0 Å². The summed E-state index contributed by atoms with van der Waals surface area (Å²) in [5.41, 5.74) is -0.944. The molecule has 6 nitrogen and oxygen atoms in total. The molecule has 6 heteroatoms. The topological polar surface area (TPSA) is 111 Å². The highest BCUT2D eigenvalue weighted by Gasteiger charge is 2.24. The minimum atomic E-state index is -0.893. The molecule has 0 fully saturated rings. The maximum absolute atomic E-state index is 12.3. The van der Waals surface area contributed by atoms with Crippen LogP contribution in [0.4, 0.5) is 0 Å². The number of phenolic OH excluding ortho intramolecular Hbond substituents is 3. The highest BCUT2D eigenvalue weighted by molar-refractivity contribution is 5.94. The highest BCUT2D eigenvalue weighted by Crippen LogP contribution is 2.44. The Kier molecular flexibility index (Phi) is 2.95. The van der Waals surface area contributed by atoms with Gasteiger partial charge in [-0.3, -0.25) is 4.79 Å². The third-order valence-corrected chi connectivity index (χ3v) is 3.51. The molecule has 1 heterocycles. The van der Waals surface area contributed by atoms with Crippen molar-refractivity contribution in [2.24, 2.45) is 0 Å². The van der Waals surface area contributed by atoms with Gasteiger partial charge in [0.15, 0.2) is 17.1 Å². The molecule has 112 valence electrons. The van der Waals surface area contributed by atoms with E-state index in [-0.39, 0.29) is 22.3 Å². The molecule has 0 spiro atoms. The van der Waals surface area contributed by atoms with Crippen LogP contribution in [0.25, 0.3) is 22.3 Å². The summed E-state index contributed by atoms with van der Waals surface area (Å²) in [5, 5.41) is 39.4. The Bertz CT molecular complexity index is 941. The van der Waals surface area contributed by atoms with Crippen molar-refractivity contribution in [2.45, 2.75) is 6.92 Å². The fourth-order valence-electron chi connectivity index (χ4n) is 2.28. The number of fused-ring (bicyclic) bond motifs is 1. The Morgan fingerprint density at radius 1 is 0.864 bits per heavy atom. The zero-order valence-electron chi connectivity index (χ0n) is 11.5. The second-order valence-corrected chi connectivity index (χ2v) is 4.85. The Morgan fingerprint density at radius 2 is 1.50 bits per heavy atom. The molecule has 0 atom stereocenters. The van der Waals surface area contributed by atoms with Crippen molar-refractivity contribution in [3.05, 3.63) is 46.1 Å². The molecule has 0 bridgehead atoms. The normalized spacial score (nSPS) is 11.0. The summed E-state index contributed by atoms with van der Waals surface area (Å²) in [5.74, 6) is -2.64. The van der Waals surface area contributed by atoms with E-state index in [1.54, 1.807) is 30.3 Å². The first-order valence-corrected chi connectivity index (χ1v) is 6.42. The summed E-state index contributed by atoms with van der Waals surface area (Å²) in [7, 11) is 0. The summed E-state index contributed by atoms with van der Waals surface area (Å²) < 4.78 is 5.39. The van der Waals surface area contributed by atoms with E-state index in [1.165, 1.54) is 6.92 Å². The van der Waals surface area contributed by atoms with Crippen LogP contribution in [0.5, 0.6) is 23.0 Å². The molecule has 3 rings (SSSR count). The van der Waals surface area contributed by atoms with Gasteiger partial charge in [0.05, 0.1) is 0 Å². The molecule has 0 radical (unpaired) electrons. The molecular formula is C16H12O6. The van der Waals surface area contributed by atoms with Crippen molar-refractivity contribution in [1.82, 2.24) is 0 Å². The molecule has 0 aliphatic rings. The van der Waals surface area contributed by atoms with E-state index in [0.29, 0.717) is 5.56 Å². The fourth-order valence-corrected chi connectivity index (χ4v) is 2.28. The van der Waals surface area contributed by atoms with Crippen molar-refractivity contribution in [1.29, 1.82) is 0 Å². The van der Waals surface area contributed by atoms with Crippen molar-refractivity contribution >= 4 is 11.0 Å². The number of rotatable bonds is 1. The summed E-state index contributed by atoms with van der Waals surface area (Å²) >= 11 is 0. The summed E-state index contributed by atoms with van der Waals surface area (Å²) in [4.78, 5) is 12.3. The third kappa shape index (κ3) is 1.77. The maximum atomic E-state index is 12.3. The van der Waals surface area contributed by atoms with E-state index < -0.39 is 28.4 Å². The van der Waals surface area contributed by atoms with E-state index in [9.17, 15) is 25.2 Å². The van der Waals surface area contributed by atoms with Crippen LogP contribution < -0.4 is 5.43 Å². The predicted octanol–water partition coefficient (Wildman–Crippen LogP) is 2.59. The Balaban J connectivity index is 2.51. The van der Waals surface area contributed by atoms with Gasteiger partial charge >= 0.3 is 0 Å². The van der Waals surface area contributed by atoms with E-state index in [2.05, 4.69) is 0 Å². The second-order valence-electron chi connectivity index (χ2n) is 4.85. The zero-order chi connectivity index (χ0) is 16.0. The summed E-state index contributed by atoms with van der Waals surface area (Å²) in [6, 6.07) is 8.33. The Morgan fingerprint density at radius 3 is 2.14 bits per heavy atom. The van der Waals surface area contributed by atoms with Crippen LogP contribution in [0, 0.1) is 6.92 Å². The summed E-state index contributed by atoms with van der Waals surface area (Å²) in [6.07, 6.45) is 0. The first-order chi connectivity index (χ1) is 10.4. The number of aromatic hydroxyl groups is 4. The quantitative estimate of drug-likeness (QED) is 0.406. The molecule has 0 unspecified atom stereocenters. The van der Waals surface area contributed by atoms with Gasteiger partial charge in [-0.15, -0.1) is 0 Å². The molecular weight excluding hydrogens is 288 g/mol. The van der Waals surface area contributed by atoms with Gasteiger partial charge in [-0.05, 0) is 6.92 Å². The molecule has 4 N–H and O–H groups in total. The second kappa shape index (κ2) is 4.70. The summed E-state index contributed by atoms with van der Waals surface area (Å²) in [6.45, 7) is 1.32. The minimum absolute atomic E-state index is 0.0795. The molecule has 0 aliphatic heterocycles. The monoisotopic (exact) mass is 300 g/mol. The van der Waals surface area contributed by atoms with Crippen LogP contribution in [-0.4, -0.2) is 20.4 Å². The van der Waals surface area contributed by atoms with E-state index in [0.717, 1.165) is 0 Å². The standard InChI is InChI=1S/C16H12O6/c1-7-10(17)9-12(19)14(21)15(8-5-3-2-4-6-8)22-16(9)13(20)11(7)18/h2-6,17-18,20-21H,1H3. The molecule has 0 amide bonds. The molecule has 0 saturated carbocycles. The van der Waals surface area contributed by atoms with Gasteiger partial charge in [0.1, 0.15) is 11.1 Å². The zero-order valence-corrected chi connectivity index (χ0v) is 11.5. The van der Waals surface area contributed by atoms with Crippen LogP contribution in [0.3, 0.4) is 0 Å². The van der Waals surface area contributed by atoms with Crippen molar-refractivity contribution in [2.75, 3.05) is 0 Å². The van der Waals surface area contributed by atoms with E-state index in [1.807, 2.05) is 0 Å². The highest BCUT2D eigenvalue weighted by atomic mass is 16.4. The number of phenols is 3. The lowest BCUT2D eigenvalue weighted by atomic mass is 10.1. The van der Waals surface area contributed by atoms with Crippen molar-refractivity contribution in [3.63, 3.8) is 0 Å². The lowest BCUT2D eigenvalue weighted by molar-refractivity contribution is 0.387. The average Bonchev–Trinajstić information content (AvgIpc) is 2.54. The smallest absolute Gasteiger partial charge is 0.238 e. The molecule has 0 aliphatic carbocycles. The third-order valence-electron chi connectivity index (χ3n) is 3.51. The predicted molar refractivity (Wildman–Crippen MR) is 79.3 cm³/mol. The van der Waals surface area contributed by atoms with Gasteiger partial charge in [-0.1, -0.05) is 30.3 Å². The maximum Gasteiger partial charge on any atom is 0.238 e. The van der Waals surface area contributed by atoms with Crippen LogP contribution >= 0.6 is 0 Å². The van der Waals surface area contributed by atoms with Crippen LogP contribution in [0.2, 0.25) is 0 Å². The molecule has 3 aromatic rings. The Hall–Kier alpha value is -3.15. The number of hydrogen-bond donors (Lipinski definition) is 4. The fraction of sp³-hybridized carbons (Fsp3) is 0.0625.